The fourth-order valence-corrected chi connectivity index (χ4v) is 6.31. The Kier molecular flexibility index (Phi) is 4.48. The zero-order valence-electron chi connectivity index (χ0n) is 16.0. The van der Waals surface area contributed by atoms with Gasteiger partial charge in [-0.25, -0.2) is 4.99 Å². The molecule has 140 valence electrons. The lowest BCUT2D eigenvalue weighted by Crippen LogP contribution is -2.31. The third kappa shape index (κ3) is 3.13. The Morgan fingerprint density at radius 1 is 0.963 bits per heavy atom. The second-order valence-electron chi connectivity index (χ2n) is 7.13. The van der Waals surface area contributed by atoms with Gasteiger partial charge < -0.3 is 14.8 Å². The minimum Gasteiger partial charge on any atom is -0.493 e. The van der Waals surface area contributed by atoms with Crippen molar-refractivity contribution in [2.24, 2.45) is 4.99 Å². The molecular weight excluding hydrogens is 376 g/mol. The van der Waals surface area contributed by atoms with Gasteiger partial charge in [-0.15, -0.1) is 0 Å². The number of hydrogen-bond acceptors (Lipinski definition) is 6. The maximum absolute atomic E-state index is 5.42. The molecule has 3 aromatic rings. The van der Waals surface area contributed by atoms with Gasteiger partial charge in [0.1, 0.15) is 4.67 Å². The van der Waals surface area contributed by atoms with Crippen LogP contribution >= 0.6 is 20.7 Å². The van der Waals surface area contributed by atoms with Crippen molar-refractivity contribution in [3.05, 3.63) is 51.5 Å². The van der Waals surface area contributed by atoms with E-state index >= 15 is 0 Å². The molecule has 0 aliphatic carbocycles. The lowest BCUT2D eigenvalue weighted by atomic mass is 9.89. The third-order valence-corrected chi connectivity index (χ3v) is 7.34. The molecule has 0 bridgehead atoms. The predicted octanol–water partition coefficient (Wildman–Crippen LogP) is 5.70. The van der Waals surface area contributed by atoms with Gasteiger partial charge in [0, 0.05) is 22.9 Å². The lowest BCUT2D eigenvalue weighted by Gasteiger charge is -2.33. The number of rotatable bonds is 3. The molecule has 1 N–H and O–H groups in total. The summed E-state index contributed by atoms with van der Waals surface area (Å²) < 4.78 is 11.8. The van der Waals surface area contributed by atoms with Crippen LogP contribution < -0.4 is 19.5 Å². The van der Waals surface area contributed by atoms with Crippen molar-refractivity contribution < 1.29 is 9.47 Å². The normalized spacial score (nSPS) is 14.9. The van der Waals surface area contributed by atoms with Crippen LogP contribution in [0.4, 0.5) is 11.4 Å². The van der Waals surface area contributed by atoms with Crippen LogP contribution in [0.3, 0.4) is 0 Å². The molecule has 1 aliphatic heterocycles. The highest BCUT2D eigenvalue weighted by atomic mass is 32.9. The summed E-state index contributed by atoms with van der Waals surface area (Å²) in [5.41, 5.74) is 5.60. The van der Waals surface area contributed by atoms with E-state index in [2.05, 4.69) is 44.3 Å². The summed E-state index contributed by atoms with van der Waals surface area (Å²) in [5.74, 6) is 1.39. The van der Waals surface area contributed by atoms with Gasteiger partial charge in [0.05, 0.1) is 30.3 Å². The van der Waals surface area contributed by atoms with E-state index in [9.17, 15) is 0 Å². The first-order chi connectivity index (χ1) is 12.9. The average Bonchev–Trinajstić information content (AvgIpc) is 3.07. The van der Waals surface area contributed by atoms with Crippen molar-refractivity contribution in [3.63, 3.8) is 0 Å². The summed E-state index contributed by atoms with van der Waals surface area (Å²) in [7, 11) is 6.79. The minimum absolute atomic E-state index is 0.121. The van der Waals surface area contributed by atoms with E-state index in [1.54, 1.807) is 34.9 Å². The highest BCUT2D eigenvalue weighted by Gasteiger charge is 2.33. The van der Waals surface area contributed by atoms with E-state index in [4.69, 9.17) is 14.5 Å². The molecule has 0 unspecified atom stereocenters. The van der Waals surface area contributed by atoms with Gasteiger partial charge >= 0.3 is 0 Å². The van der Waals surface area contributed by atoms with Crippen LogP contribution in [0.2, 0.25) is 0 Å². The number of aryl methyl sites for hydroxylation is 1. The highest BCUT2D eigenvalue weighted by molar-refractivity contribution is 7.68. The molecule has 1 aromatic heterocycles. The molecule has 4 nitrogen and oxygen atoms in total. The zero-order valence-corrected chi connectivity index (χ0v) is 17.7. The van der Waals surface area contributed by atoms with E-state index in [-0.39, 0.29) is 5.54 Å². The molecule has 1 aliphatic rings. The Hall–Kier alpha value is -2.31. The number of nitrogens with one attached hydrogen (secondary N) is 1. The summed E-state index contributed by atoms with van der Waals surface area (Å²) >= 11 is 0. The van der Waals surface area contributed by atoms with Gasteiger partial charge in [-0.2, -0.15) is 0 Å². The van der Waals surface area contributed by atoms with Gasteiger partial charge in [0.25, 0.3) is 0 Å². The van der Waals surface area contributed by atoms with Gasteiger partial charge in [-0.3, -0.25) is 0 Å². The molecule has 6 heteroatoms. The molecule has 0 radical (unpaired) electrons. The standard InChI is InChI=1S/C21H22N2O2S2/c1-12-6-8-15-14(10-12)18-19(21(2,3)23-15)26-27-20(18)22-13-7-9-16(24-4)17(11-13)25-5/h6-11,23H,1-5H3. The number of hydrogen-bond donors (Lipinski definition) is 1. The molecule has 0 fully saturated rings. The molecule has 0 saturated heterocycles. The molecular formula is C21H22N2O2S2. The Labute approximate surface area is 166 Å². The van der Waals surface area contributed by atoms with E-state index in [0.717, 1.165) is 16.0 Å². The van der Waals surface area contributed by atoms with Crippen molar-refractivity contribution in [1.29, 1.82) is 0 Å². The lowest BCUT2D eigenvalue weighted by molar-refractivity contribution is 0.355. The smallest absolute Gasteiger partial charge is 0.162 e. The number of fused-ring (bicyclic) bond motifs is 3. The van der Waals surface area contributed by atoms with Crippen molar-refractivity contribution in [2.45, 2.75) is 26.3 Å². The Balaban J connectivity index is 1.93. The molecule has 2 heterocycles. The number of methoxy groups -OCH3 is 2. The van der Waals surface area contributed by atoms with Crippen molar-refractivity contribution >= 4 is 32.1 Å². The zero-order chi connectivity index (χ0) is 19.2. The van der Waals surface area contributed by atoms with Crippen molar-refractivity contribution in [1.82, 2.24) is 0 Å². The first-order valence-electron chi connectivity index (χ1n) is 8.72. The maximum atomic E-state index is 5.42. The third-order valence-electron chi connectivity index (χ3n) is 4.70. The molecule has 0 spiro atoms. The summed E-state index contributed by atoms with van der Waals surface area (Å²) in [6.07, 6.45) is 0. The highest BCUT2D eigenvalue weighted by Crippen LogP contribution is 2.45. The second kappa shape index (κ2) is 6.69. The van der Waals surface area contributed by atoms with Crippen molar-refractivity contribution in [2.75, 3.05) is 19.5 Å². The Morgan fingerprint density at radius 3 is 2.48 bits per heavy atom. The second-order valence-corrected chi connectivity index (χ2v) is 9.25. The Bertz CT molecular complexity index is 1080. The number of anilines is 1. The van der Waals surface area contributed by atoms with Crippen LogP contribution in [0, 0.1) is 6.92 Å². The van der Waals surface area contributed by atoms with E-state index in [1.807, 2.05) is 18.2 Å². The molecule has 4 rings (SSSR count). The molecule has 27 heavy (non-hydrogen) atoms. The summed E-state index contributed by atoms with van der Waals surface area (Å²) in [6.45, 7) is 6.57. The van der Waals surface area contributed by atoms with Gasteiger partial charge in [0.15, 0.2) is 11.5 Å². The van der Waals surface area contributed by atoms with Crippen LogP contribution in [-0.4, -0.2) is 14.2 Å². The SMILES string of the molecule is COc1ccc(N=c2ssc3c2-c2cc(C)ccc2NC3(C)C)cc1OC. The van der Waals surface area contributed by atoms with Crippen molar-refractivity contribution in [3.8, 4) is 22.6 Å². The fraction of sp³-hybridized carbons (Fsp3) is 0.286. The monoisotopic (exact) mass is 398 g/mol. The van der Waals surface area contributed by atoms with Crippen LogP contribution in [0.5, 0.6) is 11.5 Å². The first-order valence-corrected chi connectivity index (χ1v) is 10.9. The summed E-state index contributed by atoms with van der Waals surface area (Å²) in [6, 6.07) is 12.3. The largest absolute Gasteiger partial charge is 0.493 e. The van der Waals surface area contributed by atoms with Gasteiger partial charge in [-0.05, 0) is 45.0 Å². The maximum Gasteiger partial charge on any atom is 0.162 e. The number of benzene rings is 2. The van der Waals surface area contributed by atoms with Gasteiger partial charge in [-0.1, -0.05) is 32.3 Å². The minimum atomic E-state index is -0.121. The molecule has 0 atom stereocenters. The van der Waals surface area contributed by atoms with E-state index < -0.39 is 0 Å². The number of nitrogens with zero attached hydrogens (tertiary/aromatic N) is 1. The van der Waals surface area contributed by atoms with E-state index in [0.29, 0.717) is 11.5 Å². The van der Waals surface area contributed by atoms with Crippen LogP contribution in [-0.2, 0) is 5.54 Å². The topological polar surface area (TPSA) is 42.8 Å². The molecule has 0 saturated carbocycles. The molecule has 0 amide bonds. The van der Waals surface area contributed by atoms with Crippen LogP contribution in [0.15, 0.2) is 41.4 Å². The summed E-state index contributed by atoms with van der Waals surface area (Å²) in [5, 5.41) is 3.67. The Morgan fingerprint density at radius 2 is 1.74 bits per heavy atom. The first kappa shape index (κ1) is 18.1. The van der Waals surface area contributed by atoms with Crippen LogP contribution in [0.25, 0.3) is 11.1 Å². The molecule has 2 aromatic carbocycles. The predicted molar refractivity (Wildman–Crippen MR) is 114 cm³/mol. The fourth-order valence-electron chi connectivity index (χ4n) is 3.37. The summed E-state index contributed by atoms with van der Waals surface area (Å²) in [4.78, 5) is 6.28. The average molecular weight is 399 g/mol. The number of ether oxygens (including phenoxy) is 2. The van der Waals surface area contributed by atoms with Gasteiger partial charge in [0.2, 0.25) is 0 Å². The quantitative estimate of drug-likeness (QED) is 0.576. The van der Waals surface area contributed by atoms with E-state index in [1.165, 1.54) is 21.6 Å². The van der Waals surface area contributed by atoms with Crippen LogP contribution in [0.1, 0.15) is 24.3 Å².